The first-order valence-electron chi connectivity index (χ1n) is 8.19. The molecule has 1 aliphatic heterocycles. The lowest BCUT2D eigenvalue weighted by Crippen LogP contribution is -2.56. The summed E-state index contributed by atoms with van der Waals surface area (Å²) in [5.74, 6) is -1.09. The molecule has 0 saturated carbocycles. The van der Waals surface area contributed by atoms with Gasteiger partial charge >= 0.3 is 12.1 Å². The lowest BCUT2D eigenvalue weighted by molar-refractivity contribution is -0.153. The van der Waals surface area contributed by atoms with Gasteiger partial charge in [0.25, 0.3) is 0 Å². The summed E-state index contributed by atoms with van der Waals surface area (Å²) < 4.78 is 24.1. The molecule has 1 aromatic carbocycles. The molecule has 2 rings (SSSR count). The molecule has 0 unspecified atom stereocenters. The molecule has 1 aromatic rings. The van der Waals surface area contributed by atoms with Crippen molar-refractivity contribution in [2.75, 3.05) is 13.7 Å². The number of benzene rings is 1. The summed E-state index contributed by atoms with van der Waals surface area (Å²) in [6.07, 6.45) is -1.53. The lowest BCUT2D eigenvalue weighted by atomic mass is 9.87. The van der Waals surface area contributed by atoms with E-state index < -0.39 is 35.1 Å². The topological polar surface area (TPSA) is 76.1 Å². The number of rotatable bonds is 3. The minimum absolute atomic E-state index is 0.00785. The number of methoxy groups -OCH3 is 1. The molecule has 0 radical (unpaired) electrons. The van der Waals surface area contributed by atoms with Crippen molar-refractivity contribution < 1.29 is 28.6 Å². The van der Waals surface area contributed by atoms with E-state index in [1.165, 1.54) is 30.2 Å². The molecule has 1 heterocycles. The fraction of sp³-hybridized carbons (Fsp3) is 0.556. The van der Waals surface area contributed by atoms with E-state index in [0.29, 0.717) is 5.56 Å². The monoisotopic (exact) mass is 431 g/mol. The second-order valence-corrected chi connectivity index (χ2v) is 8.25. The Hall–Kier alpha value is -1.67. The summed E-state index contributed by atoms with van der Waals surface area (Å²) in [5, 5.41) is 10.2. The van der Waals surface area contributed by atoms with Crippen molar-refractivity contribution in [3.8, 4) is 0 Å². The third-order valence-electron chi connectivity index (χ3n) is 4.14. The highest BCUT2D eigenvalue weighted by Crippen LogP contribution is 2.36. The van der Waals surface area contributed by atoms with Gasteiger partial charge in [0.15, 0.2) is 5.54 Å². The van der Waals surface area contributed by atoms with Gasteiger partial charge in [0, 0.05) is 12.8 Å². The molecule has 1 N–H and O–H groups in total. The van der Waals surface area contributed by atoms with E-state index in [4.69, 9.17) is 9.47 Å². The zero-order valence-corrected chi connectivity index (χ0v) is 16.8. The maximum Gasteiger partial charge on any atom is 0.411 e. The summed E-state index contributed by atoms with van der Waals surface area (Å²) in [6.45, 7) is 5.10. The molecule has 6 nitrogen and oxygen atoms in total. The van der Waals surface area contributed by atoms with Crippen LogP contribution in [-0.4, -0.2) is 53.0 Å². The van der Waals surface area contributed by atoms with Crippen LogP contribution >= 0.6 is 15.9 Å². The number of carbonyl (C=O) groups is 2. The lowest BCUT2D eigenvalue weighted by Gasteiger charge is -2.36. The van der Waals surface area contributed by atoms with Gasteiger partial charge in [-0.3, -0.25) is 4.90 Å². The Kier molecular flexibility index (Phi) is 5.97. The van der Waals surface area contributed by atoms with E-state index in [9.17, 15) is 19.1 Å². The first-order valence-corrected chi connectivity index (χ1v) is 8.99. The molecule has 0 aliphatic carbocycles. The Morgan fingerprint density at radius 3 is 2.62 bits per heavy atom. The molecule has 1 aliphatic rings. The van der Waals surface area contributed by atoms with Crippen LogP contribution in [0, 0.1) is 5.82 Å². The summed E-state index contributed by atoms with van der Waals surface area (Å²) in [7, 11) is 1.22. The van der Waals surface area contributed by atoms with Crippen LogP contribution in [0.25, 0.3) is 0 Å². The largest absolute Gasteiger partial charge is 0.467 e. The van der Waals surface area contributed by atoms with Gasteiger partial charge in [0.2, 0.25) is 0 Å². The Bertz CT molecular complexity index is 705. The maximum absolute atomic E-state index is 13.5. The Morgan fingerprint density at radius 2 is 2.08 bits per heavy atom. The molecule has 1 saturated heterocycles. The van der Waals surface area contributed by atoms with E-state index in [1.54, 1.807) is 20.8 Å². The number of hydrogen-bond acceptors (Lipinski definition) is 5. The van der Waals surface area contributed by atoms with Crippen LogP contribution in [0.2, 0.25) is 0 Å². The van der Waals surface area contributed by atoms with Gasteiger partial charge in [-0.05, 0) is 54.4 Å². The van der Waals surface area contributed by atoms with E-state index in [1.807, 2.05) is 0 Å². The van der Waals surface area contributed by atoms with Gasteiger partial charge in [-0.15, -0.1) is 0 Å². The maximum atomic E-state index is 13.5. The minimum atomic E-state index is -1.42. The second-order valence-electron chi connectivity index (χ2n) is 7.40. The van der Waals surface area contributed by atoms with Crippen molar-refractivity contribution in [3.63, 3.8) is 0 Å². The van der Waals surface area contributed by atoms with Crippen molar-refractivity contribution in [1.82, 2.24) is 4.90 Å². The third kappa shape index (κ3) is 4.35. The molecule has 1 amide bonds. The predicted molar refractivity (Wildman–Crippen MR) is 96.1 cm³/mol. The number of ether oxygens (including phenoxy) is 2. The number of esters is 1. The molecular formula is C18H23BrFNO5. The number of nitrogens with zero attached hydrogens (tertiary/aromatic N) is 1. The number of amides is 1. The van der Waals surface area contributed by atoms with Gasteiger partial charge in [-0.25, -0.2) is 14.0 Å². The van der Waals surface area contributed by atoms with Gasteiger partial charge in [0.1, 0.15) is 11.4 Å². The SMILES string of the molecule is COC(=O)[C@]1(Cc2ccc(F)c(Br)c2)C[C@H](O)CN1C(=O)OC(C)(C)C. The van der Waals surface area contributed by atoms with E-state index in [0.717, 1.165) is 0 Å². The van der Waals surface area contributed by atoms with Crippen molar-refractivity contribution in [2.24, 2.45) is 0 Å². The van der Waals surface area contributed by atoms with Crippen LogP contribution in [0.5, 0.6) is 0 Å². The number of carbonyl (C=O) groups excluding carboxylic acids is 2. The van der Waals surface area contributed by atoms with Gasteiger partial charge in [-0.2, -0.15) is 0 Å². The number of halogens is 2. The van der Waals surface area contributed by atoms with Crippen LogP contribution in [0.3, 0.4) is 0 Å². The molecule has 0 spiro atoms. The summed E-state index contributed by atoms with van der Waals surface area (Å²) in [4.78, 5) is 26.5. The Labute approximate surface area is 160 Å². The fourth-order valence-electron chi connectivity index (χ4n) is 3.13. The van der Waals surface area contributed by atoms with Crippen LogP contribution < -0.4 is 0 Å². The Balaban J connectivity index is 2.43. The van der Waals surface area contributed by atoms with Gasteiger partial charge in [0.05, 0.1) is 24.2 Å². The number of aliphatic hydroxyl groups excluding tert-OH is 1. The number of aliphatic hydroxyl groups is 1. The Morgan fingerprint density at radius 1 is 1.42 bits per heavy atom. The molecule has 2 atom stereocenters. The highest BCUT2D eigenvalue weighted by atomic mass is 79.9. The van der Waals surface area contributed by atoms with E-state index >= 15 is 0 Å². The van der Waals surface area contributed by atoms with Crippen LogP contribution in [0.4, 0.5) is 9.18 Å². The summed E-state index contributed by atoms with van der Waals surface area (Å²) >= 11 is 3.12. The van der Waals surface area contributed by atoms with Crippen molar-refractivity contribution in [3.05, 3.63) is 34.1 Å². The van der Waals surface area contributed by atoms with Crippen LogP contribution in [-0.2, 0) is 20.7 Å². The van der Waals surface area contributed by atoms with Crippen molar-refractivity contribution >= 4 is 28.0 Å². The first-order chi connectivity index (χ1) is 12.0. The number of likely N-dealkylation sites (tertiary alicyclic amines) is 1. The smallest absolute Gasteiger partial charge is 0.411 e. The zero-order chi connectivity index (χ0) is 19.7. The normalized spacial score (nSPS) is 23.0. The molecule has 26 heavy (non-hydrogen) atoms. The third-order valence-corrected chi connectivity index (χ3v) is 4.75. The standard InChI is InChI=1S/C18H23BrFNO5/c1-17(2,3)26-16(24)21-10-12(22)9-18(21,15(23)25-4)8-11-5-6-14(20)13(19)7-11/h5-7,12,22H,8-10H2,1-4H3/t12-,18-/m0/s1. The highest BCUT2D eigenvalue weighted by Gasteiger charge is 2.55. The predicted octanol–water partition coefficient (Wildman–Crippen LogP) is 3.04. The molecule has 0 aromatic heterocycles. The van der Waals surface area contributed by atoms with E-state index in [2.05, 4.69) is 15.9 Å². The fourth-order valence-corrected chi connectivity index (χ4v) is 3.55. The van der Waals surface area contributed by atoms with Crippen molar-refractivity contribution in [2.45, 2.75) is 50.9 Å². The first kappa shape index (κ1) is 20.6. The number of hydrogen-bond donors (Lipinski definition) is 1. The molecular weight excluding hydrogens is 409 g/mol. The second kappa shape index (κ2) is 7.52. The minimum Gasteiger partial charge on any atom is -0.467 e. The zero-order valence-electron chi connectivity index (χ0n) is 15.2. The van der Waals surface area contributed by atoms with Gasteiger partial charge < -0.3 is 14.6 Å². The highest BCUT2D eigenvalue weighted by molar-refractivity contribution is 9.10. The average molecular weight is 432 g/mol. The van der Waals surface area contributed by atoms with Crippen molar-refractivity contribution in [1.29, 1.82) is 0 Å². The van der Waals surface area contributed by atoms with Crippen LogP contribution in [0.1, 0.15) is 32.8 Å². The molecule has 144 valence electrons. The molecule has 1 fully saturated rings. The van der Waals surface area contributed by atoms with Gasteiger partial charge in [-0.1, -0.05) is 6.07 Å². The summed E-state index contributed by atoms with van der Waals surface area (Å²) in [5.41, 5.74) is -1.56. The van der Waals surface area contributed by atoms with E-state index in [-0.39, 0.29) is 23.9 Å². The quantitative estimate of drug-likeness (QED) is 0.744. The number of β-amino-alcohol motifs (C(OH)–C–C–N with tert-alkyl or cyclic N) is 1. The average Bonchev–Trinajstić information content (AvgIpc) is 2.86. The van der Waals surface area contributed by atoms with Crippen LogP contribution in [0.15, 0.2) is 22.7 Å². The molecule has 8 heteroatoms. The summed E-state index contributed by atoms with van der Waals surface area (Å²) in [6, 6.07) is 4.34. The molecule has 0 bridgehead atoms.